The molecule has 0 saturated heterocycles. The van der Waals surface area contributed by atoms with Crippen molar-refractivity contribution >= 4 is 12.6 Å². The number of oxazole rings is 1. The molecule has 0 aliphatic heterocycles. The molecule has 0 N–H and O–H groups in total. The topological polar surface area (TPSA) is 26.0 Å². The van der Waals surface area contributed by atoms with E-state index in [2.05, 4.69) is 31.5 Å². The minimum Gasteiger partial charge on any atom is -0.448 e. The van der Waals surface area contributed by atoms with Crippen LogP contribution in [0.25, 0.3) is 0 Å². The van der Waals surface area contributed by atoms with Crippen molar-refractivity contribution in [2.24, 2.45) is 0 Å². The summed E-state index contributed by atoms with van der Waals surface area (Å²) in [5.41, 5.74) is 1.04. The van der Waals surface area contributed by atoms with Crippen LogP contribution in [0.3, 0.4) is 0 Å². The molecule has 1 heterocycles. The normalized spacial score (nSPS) is 13.4. The molecule has 11 heavy (non-hydrogen) atoms. The van der Waals surface area contributed by atoms with Gasteiger partial charge >= 0.3 is 0 Å². The van der Waals surface area contributed by atoms with Gasteiger partial charge in [-0.1, -0.05) is 13.8 Å². The fourth-order valence-corrected chi connectivity index (χ4v) is 0.978. The summed E-state index contributed by atoms with van der Waals surface area (Å²) >= 11 is 4.06. The van der Waals surface area contributed by atoms with Gasteiger partial charge in [0.25, 0.3) is 0 Å². The third kappa shape index (κ3) is 1.99. The zero-order valence-electron chi connectivity index (χ0n) is 6.87. The molecular weight excluding hydrogens is 158 g/mol. The Hall–Kier alpha value is -0.440. The van der Waals surface area contributed by atoms with Gasteiger partial charge < -0.3 is 4.42 Å². The van der Waals surface area contributed by atoms with E-state index in [1.807, 2.05) is 0 Å². The maximum atomic E-state index is 5.15. The Kier molecular flexibility index (Phi) is 3.00. The van der Waals surface area contributed by atoms with E-state index in [0.29, 0.717) is 17.6 Å². The fourth-order valence-electron chi connectivity index (χ4n) is 0.833. The first-order chi connectivity index (χ1) is 5.27. The van der Waals surface area contributed by atoms with Gasteiger partial charge in [-0.25, -0.2) is 4.98 Å². The number of hydrogen-bond acceptors (Lipinski definition) is 3. The van der Waals surface area contributed by atoms with Gasteiger partial charge in [-0.3, -0.25) is 0 Å². The lowest BCUT2D eigenvalue weighted by Gasteiger charge is -2.00. The molecule has 1 unspecified atom stereocenters. The van der Waals surface area contributed by atoms with Crippen molar-refractivity contribution in [3.8, 4) is 0 Å². The van der Waals surface area contributed by atoms with Crippen LogP contribution in [0.2, 0.25) is 0 Å². The van der Waals surface area contributed by atoms with E-state index in [1.165, 1.54) is 0 Å². The van der Waals surface area contributed by atoms with Crippen LogP contribution in [-0.2, 0) is 5.75 Å². The minimum absolute atomic E-state index is 0.493. The predicted octanol–water partition coefficient (Wildman–Crippen LogP) is 2.62. The van der Waals surface area contributed by atoms with Crippen molar-refractivity contribution in [3.05, 3.63) is 17.8 Å². The number of thiol groups is 1. The van der Waals surface area contributed by atoms with Gasteiger partial charge in [0.05, 0.1) is 11.4 Å². The zero-order valence-corrected chi connectivity index (χ0v) is 7.77. The number of nitrogens with zero attached hydrogens (tertiary/aromatic N) is 1. The first kappa shape index (κ1) is 8.65. The highest BCUT2D eigenvalue weighted by atomic mass is 32.1. The van der Waals surface area contributed by atoms with Crippen LogP contribution in [0.1, 0.15) is 37.8 Å². The van der Waals surface area contributed by atoms with E-state index < -0.39 is 0 Å². The summed E-state index contributed by atoms with van der Waals surface area (Å²) in [6.45, 7) is 4.28. The van der Waals surface area contributed by atoms with Crippen molar-refractivity contribution in [3.63, 3.8) is 0 Å². The molecule has 3 heteroatoms. The summed E-state index contributed by atoms with van der Waals surface area (Å²) in [5, 5.41) is 0. The van der Waals surface area contributed by atoms with E-state index in [4.69, 9.17) is 4.42 Å². The van der Waals surface area contributed by atoms with Gasteiger partial charge in [0.2, 0.25) is 5.89 Å². The highest BCUT2D eigenvalue weighted by Crippen LogP contribution is 2.17. The van der Waals surface area contributed by atoms with Crippen LogP contribution in [-0.4, -0.2) is 4.98 Å². The summed E-state index contributed by atoms with van der Waals surface area (Å²) in [4.78, 5) is 4.26. The Morgan fingerprint density at radius 3 is 2.91 bits per heavy atom. The molecule has 0 aromatic carbocycles. The van der Waals surface area contributed by atoms with Crippen LogP contribution in [0.5, 0.6) is 0 Å². The van der Waals surface area contributed by atoms with E-state index in [1.54, 1.807) is 6.26 Å². The molecule has 0 fully saturated rings. The number of rotatable bonds is 3. The van der Waals surface area contributed by atoms with Crippen molar-refractivity contribution in [2.45, 2.75) is 31.9 Å². The summed E-state index contributed by atoms with van der Waals surface area (Å²) in [6, 6.07) is 0. The Morgan fingerprint density at radius 2 is 2.45 bits per heavy atom. The van der Waals surface area contributed by atoms with E-state index in [0.717, 1.165) is 12.1 Å². The number of hydrogen-bond donors (Lipinski definition) is 1. The molecular formula is C8H13NOS. The van der Waals surface area contributed by atoms with Gasteiger partial charge in [0.15, 0.2) is 0 Å². The van der Waals surface area contributed by atoms with Crippen LogP contribution in [0.4, 0.5) is 0 Å². The van der Waals surface area contributed by atoms with Gasteiger partial charge in [-0.15, -0.1) is 0 Å². The molecule has 0 radical (unpaired) electrons. The molecule has 0 amide bonds. The number of aromatic nitrogens is 1. The third-order valence-electron chi connectivity index (χ3n) is 1.82. The zero-order chi connectivity index (χ0) is 8.27. The monoisotopic (exact) mass is 171 g/mol. The van der Waals surface area contributed by atoms with E-state index >= 15 is 0 Å². The van der Waals surface area contributed by atoms with Crippen LogP contribution < -0.4 is 0 Å². The Morgan fingerprint density at radius 1 is 1.73 bits per heavy atom. The second-order valence-electron chi connectivity index (χ2n) is 2.63. The summed E-state index contributed by atoms with van der Waals surface area (Å²) in [7, 11) is 0. The quantitative estimate of drug-likeness (QED) is 0.707. The van der Waals surface area contributed by atoms with Crippen molar-refractivity contribution < 1.29 is 4.42 Å². The Labute approximate surface area is 72.4 Å². The van der Waals surface area contributed by atoms with Gasteiger partial charge in [0, 0.05) is 5.92 Å². The van der Waals surface area contributed by atoms with Crippen molar-refractivity contribution in [2.75, 3.05) is 0 Å². The summed E-state index contributed by atoms with van der Waals surface area (Å²) in [5.74, 6) is 1.78. The van der Waals surface area contributed by atoms with Crippen molar-refractivity contribution in [1.82, 2.24) is 4.98 Å². The Balaban J connectivity index is 2.71. The SMILES string of the molecule is CCC(C)c1coc(CS)n1. The predicted molar refractivity (Wildman–Crippen MR) is 47.9 cm³/mol. The van der Waals surface area contributed by atoms with Gasteiger partial charge in [0.1, 0.15) is 6.26 Å². The largest absolute Gasteiger partial charge is 0.448 e. The van der Waals surface area contributed by atoms with Gasteiger partial charge in [-0.05, 0) is 6.42 Å². The summed E-state index contributed by atoms with van der Waals surface area (Å²) in [6.07, 6.45) is 2.82. The lowest BCUT2D eigenvalue weighted by molar-refractivity contribution is 0.516. The maximum Gasteiger partial charge on any atom is 0.203 e. The molecule has 1 aromatic rings. The average molecular weight is 171 g/mol. The molecule has 62 valence electrons. The molecule has 0 aliphatic carbocycles. The molecule has 0 spiro atoms. The third-order valence-corrected chi connectivity index (χ3v) is 2.09. The van der Waals surface area contributed by atoms with Crippen LogP contribution in [0, 0.1) is 0 Å². The van der Waals surface area contributed by atoms with E-state index in [9.17, 15) is 0 Å². The Bertz CT molecular complexity index is 222. The standard InChI is InChI=1S/C8H13NOS/c1-3-6(2)7-4-10-8(5-11)9-7/h4,6,11H,3,5H2,1-2H3. The molecule has 1 atom stereocenters. The summed E-state index contributed by atoms with van der Waals surface area (Å²) < 4.78 is 5.15. The molecule has 0 bridgehead atoms. The van der Waals surface area contributed by atoms with Crippen LogP contribution >= 0.6 is 12.6 Å². The average Bonchev–Trinajstić information content (AvgIpc) is 2.50. The first-order valence-corrected chi connectivity index (χ1v) is 4.46. The first-order valence-electron chi connectivity index (χ1n) is 3.83. The maximum absolute atomic E-state index is 5.15. The highest BCUT2D eigenvalue weighted by molar-refractivity contribution is 7.79. The second kappa shape index (κ2) is 3.81. The van der Waals surface area contributed by atoms with Crippen LogP contribution in [0.15, 0.2) is 10.7 Å². The molecule has 0 aliphatic rings. The van der Waals surface area contributed by atoms with Crippen molar-refractivity contribution in [1.29, 1.82) is 0 Å². The molecule has 1 rings (SSSR count). The smallest absolute Gasteiger partial charge is 0.203 e. The molecule has 0 saturated carbocycles. The lowest BCUT2D eigenvalue weighted by Crippen LogP contribution is -1.91. The molecule has 2 nitrogen and oxygen atoms in total. The van der Waals surface area contributed by atoms with Gasteiger partial charge in [-0.2, -0.15) is 12.6 Å². The highest BCUT2D eigenvalue weighted by Gasteiger charge is 2.07. The fraction of sp³-hybridized carbons (Fsp3) is 0.625. The molecule has 1 aromatic heterocycles. The van der Waals surface area contributed by atoms with E-state index in [-0.39, 0.29) is 0 Å². The minimum atomic E-state index is 0.493. The lowest BCUT2D eigenvalue weighted by atomic mass is 10.1. The second-order valence-corrected chi connectivity index (χ2v) is 2.95.